The molecule has 10 heavy (non-hydrogen) atoms. The molecule has 1 amide bonds. The summed E-state index contributed by atoms with van der Waals surface area (Å²) in [4.78, 5) is 10.6. The van der Waals surface area contributed by atoms with Crippen molar-refractivity contribution in [2.75, 3.05) is 26.3 Å². The summed E-state index contributed by atoms with van der Waals surface area (Å²) in [6.07, 6.45) is 0. The van der Waals surface area contributed by atoms with Crippen LogP contribution in [0.4, 0.5) is 0 Å². The number of amides is 1. The van der Waals surface area contributed by atoms with Gasteiger partial charge in [-0.25, -0.2) is 0 Å². The van der Waals surface area contributed by atoms with Gasteiger partial charge in [0.2, 0.25) is 5.91 Å². The van der Waals surface area contributed by atoms with E-state index in [2.05, 4.69) is 5.32 Å². The molecule has 1 heterocycles. The third-order valence-electron chi connectivity index (χ3n) is 1.64. The molecule has 1 saturated heterocycles. The fourth-order valence-corrected chi connectivity index (χ4v) is 0.978. The van der Waals surface area contributed by atoms with Crippen LogP contribution in [0, 0.1) is 5.92 Å². The van der Waals surface area contributed by atoms with Gasteiger partial charge in [0.25, 0.3) is 0 Å². The van der Waals surface area contributed by atoms with Crippen LogP contribution in [0.1, 0.15) is 0 Å². The molecular weight excluding hydrogens is 132 g/mol. The van der Waals surface area contributed by atoms with Crippen LogP contribution in [0.3, 0.4) is 0 Å². The fraction of sp³-hybridized carbons (Fsp3) is 0.833. The third-order valence-corrected chi connectivity index (χ3v) is 1.64. The van der Waals surface area contributed by atoms with Gasteiger partial charge in [0, 0.05) is 0 Å². The molecule has 0 aromatic carbocycles. The number of quaternary nitrogens is 1. The van der Waals surface area contributed by atoms with Crippen LogP contribution in [-0.2, 0) is 9.53 Å². The lowest BCUT2D eigenvalue weighted by molar-refractivity contribution is -0.655. The Morgan fingerprint density at radius 3 is 3.20 bits per heavy atom. The fourth-order valence-electron chi connectivity index (χ4n) is 0.978. The van der Waals surface area contributed by atoms with Crippen LogP contribution < -0.4 is 11.1 Å². The van der Waals surface area contributed by atoms with Gasteiger partial charge in [-0.1, -0.05) is 0 Å². The number of hydrogen-bond acceptors (Lipinski definition) is 2. The molecule has 58 valence electrons. The summed E-state index contributed by atoms with van der Waals surface area (Å²) in [6.45, 7) is 2.93. The Kier molecular flexibility index (Phi) is 2.65. The first-order chi connectivity index (χ1) is 4.80. The summed E-state index contributed by atoms with van der Waals surface area (Å²) >= 11 is 0. The lowest BCUT2D eigenvalue weighted by Gasteiger charge is -2.04. The van der Waals surface area contributed by atoms with Crippen LogP contribution in [-0.4, -0.2) is 32.2 Å². The second-order valence-electron chi connectivity index (χ2n) is 2.49. The minimum atomic E-state index is -0.252. The van der Waals surface area contributed by atoms with E-state index in [9.17, 15) is 4.79 Å². The molecule has 4 nitrogen and oxygen atoms in total. The summed E-state index contributed by atoms with van der Waals surface area (Å²) in [5.74, 6) is -0.347. The van der Waals surface area contributed by atoms with Crippen molar-refractivity contribution in [3.63, 3.8) is 0 Å². The van der Waals surface area contributed by atoms with Gasteiger partial charge in [0.1, 0.15) is 5.92 Å². The Balaban J connectivity index is 2.35. The van der Waals surface area contributed by atoms with Gasteiger partial charge in [0.15, 0.2) is 0 Å². The first-order valence-electron chi connectivity index (χ1n) is 3.49. The number of ether oxygens (including phenoxy) is 1. The normalized spacial score (nSPS) is 27.4. The second kappa shape index (κ2) is 3.53. The smallest absolute Gasteiger partial charge is 0.228 e. The zero-order valence-electron chi connectivity index (χ0n) is 5.88. The quantitative estimate of drug-likeness (QED) is 0.435. The Labute approximate surface area is 59.7 Å². The number of carbonyl (C=O) groups is 1. The van der Waals surface area contributed by atoms with Crippen LogP contribution in [0.15, 0.2) is 0 Å². The molecule has 4 heteroatoms. The Bertz CT molecular complexity index is 119. The highest BCUT2D eigenvalue weighted by Crippen LogP contribution is 1.93. The molecule has 1 fully saturated rings. The van der Waals surface area contributed by atoms with E-state index in [0.29, 0.717) is 6.61 Å². The molecule has 0 aromatic rings. The highest BCUT2D eigenvalue weighted by Gasteiger charge is 2.19. The number of nitrogens with two attached hydrogens (primary N) is 2. The lowest BCUT2D eigenvalue weighted by Crippen LogP contribution is -2.86. The van der Waals surface area contributed by atoms with E-state index in [-0.39, 0.29) is 11.8 Å². The first kappa shape index (κ1) is 7.50. The molecular formula is C6H13N2O2+. The van der Waals surface area contributed by atoms with Crippen molar-refractivity contribution >= 4 is 5.91 Å². The van der Waals surface area contributed by atoms with Crippen molar-refractivity contribution in [2.24, 2.45) is 11.7 Å². The zero-order valence-corrected chi connectivity index (χ0v) is 5.88. The molecule has 4 N–H and O–H groups in total. The van der Waals surface area contributed by atoms with Crippen LogP contribution in [0.5, 0.6) is 0 Å². The molecule has 0 spiro atoms. The minimum Gasteiger partial charge on any atom is -0.375 e. The monoisotopic (exact) mass is 145 g/mol. The predicted molar refractivity (Wildman–Crippen MR) is 35.2 cm³/mol. The zero-order chi connectivity index (χ0) is 7.40. The summed E-state index contributed by atoms with van der Waals surface area (Å²) in [6, 6.07) is 0. The average molecular weight is 145 g/mol. The summed E-state index contributed by atoms with van der Waals surface area (Å²) in [5.41, 5.74) is 5.10. The number of primary amides is 1. The van der Waals surface area contributed by atoms with E-state index in [1.807, 2.05) is 0 Å². The molecule has 0 radical (unpaired) electrons. The summed E-state index contributed by atoms with van der Waals surface area (Å²) in [5, 5.41) is 2.06. The van der Waals surface area contributed by atoms with Gasteiger partial charge in [-0.05, 0) is 0 Å². The van der Waals surface area contributed by atoms with Crippen LogP contribution >= 0.6 is 0 Å². The van der Waals surface area contributed by atoms with E-state index in [1.165, 1.54) is 0 Å². The minimum absolute atomic E-state index is 0.0949. The summed E-state index contributed by atoms with van der Waals surface area (Å²) in [7, 11) is 0. The number of rotatable bonds is 1. The Morgan fingerprint density at radius 2 is 2.50 bits per heavy atom. The van der Waals surface area contributed by atoms with Crippen molar-refractivity contribution in [3.8, 4) is 0 Å². The first-order valence-corrected chi connectivity index (χ1v) is 3.49. The molecule has 1 unspecified atom stereocenters. The maximum Gasteiger partial charge on any atom is 0.228 e. The van der Waals surface area contributed by atoms with Gasteiger partial charge >= 0.3 is 0 Å². The van der Waals surface area contributed by atoms with E-state index >= 15 is 0 Å². The topological polar surface area (TPSA) is 68.9 Å². The van der Waals surface area contributed by atoms with Crippen LogP contribution in [0.2, 0.25) is 0 Å². The van der Waals surface area contributed by atoms with Gasteiger partial charge in [0.05, 0.1) is 26.3 Å². The molecule has 1 aliphatic heterocycles. The Hall–Kier alpha value is -0.610. The molecule has 1 atom stereocenters. The van der Waals surface area contributed by atoms with Gasteiger partial charge in [-0.15, -0.1) is 0 Å². The molecule has 0 saturated carbocycles. The Morgan fingerprint density at radius 1 is 1.70 bits per heavy atom. The standard InChI is InChI=1S/C6H12N2O2/c7-6(9)5-3-8-1-2-10-4-5/h5,8H,1-4H2,(H2,7,9)/p+1. The maximum atomic E-state index is 10.6. The third kappa shape index (κ3) is 1.97. The molecule has 1 aliphatic rings. The number of carbonyl (C=O) groups excluding carboxylic acids is 1. The van der Waals surface area contributed by atoms with Gasteiger partial charge < -0.3 is 15.8 Å². The van der Waals surface area contributed by atoms with Gasteiger partial charge in [-0.3, -0.25) is 4.79 Å². The number of hydrogen-bond donors (Lipinski definition) is 2. The summed E-state index contributed by atoms with van der Waals surface area (Å²) < 4.78 is 5.14. The molecule has 0 aromatic heterocycles. The van der Waals surface area contributed by atoms with Crippen LogP contribution in [0.25, 0.3) is 0 Å². The molecule has 0 aliphatic carbocycles. The highest BCUT2D eigenvalue weighted by atomic mass is 16.5. The molecule has 0 bridgehead atoms. The lowest BCUT2D eigenvalue weighted by atomic mass is 10.1. The highest BCUT2D eigenvalue weighted by molar-refractivity contribution is 5.76. The van der Waals surface area contributed by atoms with Gasteiger partial charge in [-0.2, -0.15) is 0 Å². The average Bonchev–Trinajstić information content (AvgIpc) is 2.12. The molecule has 1 rings (SSSR count). The van der Waals surface area contributed by atoms with E-state index < -0.39 is 0 Å². The van der Waals surface area contributed by atoms with Crippen molar-refractivity contribution in [1.82, 2.24) is 0 Å². The van der Waals surface area contributed by atoms with Crippen molar-refractivity contribution in [2.45, 2.75) is 0 Å². The SMILES string of the molecule is NC(=O)C1C[NH2+]CCOC1. The second-order valence-corrected chi connectivity index (χ2v) is 2.49. The van der Waals surface area contributed by atoms with E-state index in [1.54, 1.807) is 0 Å². The van der Waals surface area contributed by atoms with E-state index in [4.69, 9.17) is 10.5 Å². The van der Waals surface area contributed by atoms with Crippen molar-refractivity contribution in [3.05, 3.63) is 0 Å². The van der Waals surface area contributed by atoms with Crippen molar-refractivity contribution < 1.29 is 14.8 Å². The van der Waals surface area contributed by atoms with E-state index in [0.717, 1.165) is 19.7 Å². The van der Waals surface area contributed by atoms with Crippen molar-refractivity contribution in [1.29, 1.82) is 0 Å². The predicted octanol–water partition coefficient (Wildman–Crippen LogP) is -2.32. The maximum absolute atomic E-state index is 10.6. The largest absolute Gasteiger partial charge is 0.375 e.